The minimum Gasteiger partial charge on any atom is -0.298 e. The van der Waals surface area contributed by atoms with Crippen molar-refractivity contribution in [1.82, 2.24) is 9.29 Å². The van der Waals surface area contributed by atoms with Crippen LogP contribution in [0.2, 0.25) is 0 Å². The van der Waals surface area contributed by atoms with Gasteiger partial charge in [-0.1, -0.05) is 23.5 Å². The van der Waals surface area contributed by atoms with Gasteiger partial charge < -0.3 is 0 Å². The number of carbonyl (C=O) groups is 1. The fourth-order valence-corrected chi connectivity index (χ4v) is 5.65. The molecule has 4 rings (SSSR count). The van der Waals surface area contributed by atoms with Crippen molar-refractivity contribution in [2.75, 3.05) is 18.4 Å². The second kappa shape index (κ2) is 7.03. The molecule has 1 N–H and O–H groups in total. The molecule has 0 aliphatic carbocycles. The van der Waals surface area contributed by atoms with Crippen molar-refractivity contribution >= 4 is 42.6 Å². The summed E-state index contributed by atoms with van der Waals surface area (Å²) >= 11 is 1.40. The summed E-state index contributed by atoms with van der Waals surface area (Å²) in [6.45, 7) is 3.07. The van der Waals surface area contributed by atoms with Crippen LogP contribution >= 0.6 is 11.3 Å². The molecule has 1 aromatic heterocycles. The van der Waals surface area contributed by atoms with E-state index in [9.17, 15) is 13.2 Å². The Morgan fingerprint density at radius 3 is 2.70 bits per heavy atom. The summed E-state index contributed by atoms with van der Waals surface area (Å²) in [5.41, 5.74) is 2.25. The number of amides is 1. The molecule has 0 radical (unpaired) electrons. The summed E-state index contributed by atoms with van der Waals surface area (Å²) in [6, 6.07) is 12.1. The molecule has 1 saturated heterocycles. The van der Waals surface area contributed by atoms with Crippen LogP contribution in [0.25, 0.3) is 10.2 Å². The molecule has 1 fully saturated rings. The number of nitrogens with one attached hydrogen (secondary N) is 1. The van der Waals surface area contributed by atoms with E-state index in [1.165, 1.54) is 27.8 Å². The van der Waals surface area contributed by atoms with E-state index in [2.05, 4.69) is 10.3 Å². The molecule has 0 bridgehead atoms. The third kappa shape index (κ3) is 3.60. The minimum atomic E-state index is -3.55. The maximum atomic E-state index is 12.7. The molecule has 0 saturated carbocycles. The van der Waals surface area contributed by atoms with Crippen molar-refractivity contribution in [2.24, 2.45) is 0 Å². The Morgan fingerprint density at radius 1 is 1.15 bits per heavy atom. The van der Waals surface area contributed by atoms with E-state index < -0.39 is 10.0 Å². The van der Waals surface area contributed by atoms with E-state index in [0.29, 0.717) is 23.8 Å². The third-order valence-electron chi connectivity index (χ3n) is 4.56. The molecule has 6 nitrogen and oxygen atoms in total. The molecule has 0 unspecified atom stereocenters. The first kappa shape index (κ1) is 18.1. The summed E-state index contributed by atoms with van der Waals surface area (Å²) in [5.74, 6) is -0.371. The first-order valence-electron chi connectivity index (χ1n) is 8.72. The summed E-state index contributed by atoms with van der Waals surface area (Å²) in [6.07, 6.45) is 1.74. The zero-order valence-corrected chi connectivity index (χ0v) is 16.4. The number of aromatic nitrogens is 1. The highest BCUT2D eigenvalue weighted by atomic mass is 32.2. The lowest BCUT2D eigenvalue weighted by atomic mass is 10.2. The van der Waals surface area contributed by atoms with Crippen molar-refractivity contribution < 1.29 is 13.2 Å². The summed E-state index contributed by atoms with van der Waals surface area (Å²) in [7, 11) is -3.55. The van der Waals surface area contributed by atoms with E-state index in [0.717, 1.165) is 28.6 Å². The van der Waals surface area contributed by atoms with Crippen LogP contribution < -0.4 is 5.32 Å². The second-order valence-corrected chi connectivity index (χ2v) is 9.55. The Kier molecular flexibility index (Phi) is 4.71. The van der Waals surface area contributed by atoms with Gasteiger partial charge in [-0.2, -0.15) is 4.31 Å². The number of benzene rings is 2. The van der Waals surface area contributed by atoms with Gasteiger partial charge in [0, 0.05) is 18.7 Å². The number of rotatable bonds is 4. The van der Waals surface area contributed by atoms with Crippen LogP contribution in [0.3, 0.4) is 0 Å². The highest BCUT2D eigenvalue weighted by molar-refractivity contribution is 7.89. The van der Waals surface area contributed by atoms with E-state index in [1.54, 1.807) is 12.1 Å². The molecule has 3 aromatic rings. The Bertz CT molecular complexity index is 1120. The average Bonchev–Trinajstić information content (AvgIpc) is 3.31. The Labute approximate surface area is 161 Å². The predicted molar refractivity (Wildman–Crippen MR) is 107 cm³/mol. The van der Waals surface area contributed by atoms with Gasteiger partial charge in [-0.25, -0.2) is 13.4 Å². The molecule has 8 heteroatoms. The first-order chi connectivity index (χ1) is 12.9. The van der Waals surface area contributed by atoms with Gasteiger partial charge in [0.2, 0.25) is 10.0 Å². The van der Waals surface area contributed by atoms with Crippen molar-refractivity contribution in [2.45, 2.75) is 24.7 Å². The van der Waals surface area contributed by atoms with Crippen molar-refractivity contribution in [3.8, 4) is 0 Å². The third-order valence-corrected chi connectivity index (χ3v) is 7.39. The molecule has 0 spiro atoms. The quantitative estimate of drug-likeness (QED) is 0.724. The SMILES string of the molecule is Cc1ccc2nc(NC(=O)c3cccc(S(=O)(=O)N4CCCC4)c3)sc2c1. The van der Waals surface area contributed by atoms with Crippen molar-refractivity contribution in [3.63, 3.8) is 0 Å². The number of aryl methyl sites for hydroxylation is 1. The van der Waals surface area contributed by atoms with E-state index in [4.69, 9.17) is 0 Å². The Morgan fingerprint density at radius 2 is 1.93 bits per heavy atom. The van der Waals surface area contributed by atoms with E-state index in [1.807, 2.05) is 25.1 Å². The number of hydrogen-bond acceptors (Lipinski definition) is 5. The summed E-state index contributed by atoms with van der Waals surface area (Å²) in [5, 5.41) is 3.27. The van der Waals surface area contributed by atoms with Crippen LogP contribution in [0.5, 0.6) is 0 Å². The normalized spacial score (nSPS) is 15.3. The molecular formula is C19H19N3O3S2. The van der Waals surface area contributed by atoms with Crippen molar-refractivity contribution in [3.05, 3.63) is 53.6 Å². The van der Waals surface area contributed by atoms with Crippen LogP contribution in [-0.4, -0.2) is 36.7 Å². The minimum absolute atomic E-state index is 0.150. The monoisotopic (exact) mass is 401 g/mol. The van der Waals surface area contributed by atoms with Crippen LogP contribution in [0.15, 0.2) is 47.4 Å². The summed E-state index contributed by atoms with van der Waals surface area (Å²) in [4.78, 5) is 17.2. The van der Waals surface area contributed by atoms with Gasteiger partial charge >= 0.3 is 0 Å². The zero-order valence-electron chi connectivity index (χ0n) is 14.8. The molecule has 1 aliphatic rings. The molecule has 140 valence electrons. The average molecular weight is 402 g/mol. The first-order valence-corrected chi connectivity index (χ1v) is 11.0. The maximum absolute atomic E-state index is 12.7. The van der Waals surface area contributed by atoms with Crippen LogP contribution in [0.4, 0.5) is 5.13 Å². The van der Waals surface area contributed by atoms with Gasteiger partial charge in [0.15, 0.2) is 5.13 Å². The van der Waals surface area contributed by atoms with Crippen LogP contribution in [0.1, 0.15) is 28.8 Å². The fourth-order valence-electron chi connectivity index (χ4n) is 3.13. The standard InChI is InChI=1S/C19H19N3O3S2/c1-13-7-8-16-17(11-13)26-19(20-16)21-18(23)14-5-4-6-15(12-14)27(24,25)22-9-2-3-10-22/h4-8,11-12H,2-3,9-10H2,1H3,(H,20,21,23). The molecule has 27 heavy (non-hydrogen) atoms. The number of hydrogen-bond donors (Lipinski definition) is 1. The highest BCUT2D eigenvalue weighted by Gasteiger charge is 2.27. The number of anilines is 1. The highest BCUT2D eigenvalue weighted by Crippen LogP contribution is 2.27. The van der Waals surface area contributed by atoms with Crippen LogP contribution in [-0.2, 0) is 10.0 Å². The van der Waals surface area contributed by atoms with Gasteiger partial charge in [0.05, 0.1) is 15.1 Å². The molecule has 1 amide bonds. The number of carbonyl (C=O) groups excluding carboxylic acids is 1. The number of fused-ring (bicyclic) bond motifs is 1. The summed E-state index contributed by atoms with van der Waals surface area (Å²) < 4.78 is 27.9. The zero-order chi connectivity index (χ0) is 19.0. The fraction of sp³-hybridized carbons (Fsp3) is 0.263. The topological polar surface area (TPSA) is 79.4 Å². The largest absolute Gasteiger partial charge is 0.298 e. The lowest BCUT2D eigenvalue weighted by Gasteiger charge is -2.15. The van der Waals surface area contributed by atoms with E-state index in [-0.39, 0.29) is 10.8 Å². The molecule has 2 aromatic carbocycles. The lowest BCUT2D eigenvalue weighted by molar-refractivity contribution is 0.102. The smallest absolute Gasteiger partial charge is 0.257 e. The maximum Gasteiger partial charge on any atom is 0.257 e. The van der Waals surface area contributed by atoms with Gasteiger partial charge in [0.1, 0.15) is 0 Å². The molecule has 2 heterocycles. The molecule has 1 aliphatic heterocycles. The Hall–Kier alpha value is -2.29. The number of nitrogens with zero attached hydrogens (tertiary/aromatic N) is 2. The van der Waals surface area contributed by atoms with Crippen molar-refractivity contribution in [1.29, 1.82) is 0 Å². The van der Waals surface area contributed by atoms with Crippen LogP contribution in [0, 0.1) is 6.92 Å². The van der Waals surface area contributed by atoms with Gasteiger partial charge in [0.25, 0.3) is 5.91 Å². The predicted octanol–water partition coefficient (Wildman–Crippen LogP) is 3.64. The Balaban J connectivity index is 1.58. The molecule has 0 atom stereocenters. The number of thiazole rings is 1. The number of sulfonamides is 1. The second-order valence-electron chi connectivity index (χ2n) is 6.58. The van der Waals surface area contributed by atoms with Gasteiger partial charge in [-0.05, 0) is 55.7 Å². The van der Waals surface area contributed by atoms with E-state index >= 15 is 0 Å². The lowest BCUT2D eigenvalue weighted by Crippen LogP contribution is -2.28. The van der Waals surface area contributed by atoms with Gasteiger partial charge in [-0.3, -0.25) is 10.1 Å². The molecular weight excluding hydrogens is 382 g/mol. The van der Waals surface area contributed by atoms with Gasteiger partial charge in [-0.15, -0.1) is 0 Å².